The summed E-state index contributed by atoms with van der Waals surface area (Å²) in [6.07, 6.45) is 14.0. The van der Waals surface area contributed by atoms with Crippen molar-refractivity contribution in [3.8, 4) is 0 Å². The third-order valence-electron chi connectivity index (χ3n) is 5.00. The van der Waals surface area contributed by atoms with Gasteiger partial charge in [0.05, 0.1) is 6.10 Å². The van der Waals surface area contributed by atoms with E-state index < -0.39 is 0 Å². The lowest BCUT2D eigenvalue weighted by molar-refractivity contribution is 0.00331. The van der Waals surface area contributed by atoms with Gasteiger partial charge in [-0.3, -0.25) is 0 Å². The lowest BCUT2D eigenvalue weighted by Gasteiger charge is -2.34. The lowest BCUT2D eigenvalue weighted by atomic mass is 9.76. The molecule has 2 heteroatoms. The molecule has 0 aromatic heterocycles. The Balaban J connectivity index is 1.46. The molecule has 2 aliphatic carbocycles. The smallest absolute Gasteiger partial charge is 0.0575 e. The van der Waals surface area contributed by atoms with Crippen molar-refractivity contribution >= 4 is 0 Å². The first-order valence-corrected chi connectivity index (χ1v) is 8.51. The van der Waals surface area contributed by atoms with Gasteiger partial charge in [0.2, 0.25) is 0 Å². The van der Waals surface area contributed by atoms with Gasteiger partial charge in [0, 0.05) is 12.6 Å². The minimum Gasteiger partial charge on any atom is -0.378 e. The quantitative estimate of drug-likeness (QED) is 0.725. The molecule has 1 N–H and O–H groups in total. The summed E-state index contributed by atoms with van der Waals surface area (Å²) in [7, 11) is 0. The normalized spacial score (nSPS) is 25.6. The van der Waals surface area contributed by atoms with Crippen LogP contribution < -0.4 is 5.32 Å². The molecule has 0 bridgehead atoms. The molecular formula is C17H33NO. The van der Waals surface area contributed by atoms with E-state index in [1.54, 1.807) is 0 Å². The Kier molecular flexibility index (Phi) is 6.15. The second kappa shape index (κ2) is 7.64. The van der Waals surface area contributed by atoms with E-state index in [0.29, 0.717) is 11.5 Å². The molecule has 0 saturated heterocycles. The molecule has 0 aromatic carbocycles. The zero-order valence-corrected chi connectivity index (χ0v) is 13.0. The highest BCUT2D eigenvalue weighted by Gasteiger charge is 2.26. The number of nitrogens with one attached hydrogen (secondary N) is 1. The minimum absolute atomic E-state index is 0.544. The third kappa shape index (κ3) is 5.83. The summed E-state index contributed by atoms with van der Waals surface area (Å²) in [6.45, 7) is 6.86. The Morgan fingerprint density at radius 3 is 2.37 bits per heavy atom. The molecule has 19 heavy (non-hydrogen) atoms. The molecule has 2 saturated carbocycles. The summed E-state index contributed by atoms with van der Waals surface area (Å²) in [5, 5.41) is 3.69. The van der Waals surface area contributed by atoms with Crippen LogP contribution in [0.4, 0.5) is 0 Å². The molecular weight excluding hydrogens is 234 g/mol. The van der Waals surface area contributed by atoms with Gasteiger partial charge in [0.1, 0.15) is 0 Å². The van der Waals surface area contributed by atoms with Crippen molar-refractivity contribution in [2.75, 3.05) is 13.2 Å². The van der Waals surface area contributed by atoms with Crippen LogP contribution >= 0.6 is 0 Å². The van der Waals surface area contributed by atoms with Crippen molar-refractivity contribution in [2.24, 2.45) is 5.41 Å². The summed E-state index contributed by atoms with van der Waals surface area (Å²) < 4.78 is 6.03. The van der Waals surface area contributed by atoms with Crippen LogP contribution in [0.15, 0.2) is 0 Å². The zero-order valence-electron chi connectivity index (χ0n) is 13.0. The number of ether oxygens (including phenoxy) is 1. The highest BCUT2D eigenvalue weighted by Crippen LogP contribution is 2.36. The molecule has 0 amide bonds. The maximum Gasteiger partial charge on any atom is 0.0575 e. The van der Waals surface area contributed by atoms with Crippen molar-refractivity contribution < 1.29 is 4.74 Å². The Labute approximate surface area is 119 Å². The minimum atomic E-state index is 0.544. The fourth-order valence-electron chi connectivity index (χ4n) is 3.47. The van der Waals surface area contributed by atoms with Gasteiger partial charge in [-0.25, -0.2) is 0 Å². The van der Waals surface area contributed by atoms with E-state index in [-0.39, 0.29) is 0 Å². The van der Waals surface area contributed by atoms with Crippen molar-refractivity contribution in [2.45, 2.75) is 90.2 Å². The van der Waals surface area contributed by atoms with E-state index in [1.807, 2.05) is 0 Å². The zero-order chi connectivity index (χ0) is 13.6. The Bertz CT molecular complexity index is 236. The van der Waals surface area contributed by atoms with Gasteiger partial charge in [0.25, 0.3) is 0 Å². The van der Waals surface area contributed by atoms with E-state index in [4.69, 9.17) is 4.74 Å². The lowest BCUT2D eigenvalue weighted by Crippen LogP contribution is -2.32. The van der Waals surface area contributed by atoms with Gasteiger partial charge >= 0.3 is 0 Å². The first-order chi connectivity index (χ1) is 9.16. The first-order valence-electron chi connectivity index (χ1n) is 8.51. The van der Waals surface area contributed by atoms with Crippen molar-refractivity contribution in [1.29, 1.82) is 0 Å². The molecule has 0 unspecified atom stereocenters. The molecule has 2 aliphatic rings. The first kappa shape index (κ1) is 15.3. The van der Waals surface area contributed by atoms with Crippen LogP contribution in [0.1, 0.15) is 78.1 Å². The third-order valence-corrected chi connectivity index (χ3v) is 5.00. The van der Waals surface area contributed by atoms with E-state index in [1.165, 1.54) is 64.2 Å². The van der Waals surface area contributed by atoms with Gasteiger partial charge in [-0.15, -0.1) is 0 Å². The van der Waals surface area contributed by atoms with Crippen LogP contribution in [-0.2, 0) is 4.74 Å². The molecule has 0 spiro atoms. The average molecular weight is 267 g/mol. The summed E-state index contributed by atoms with van der Waals surface area (Å²) >= 11 is 0. The van der Waals surface area contributed by atoms with Gasteiger partial charge < -0.3 is 10.1 Å². The highest BCUT2D eigenvalue weighted by molar-refractivity contribution is 4.78. The van der Waals surface area contributed by atoms with Gasteiger partial charge in [-0.05, 0) is 56.9 Å². The molecule has 0 radical (unpaired) electrons. The van der Waals surface area contributed by atoms with E-state index in [9.17, 15) is 0 Å². The predicted octanol–water partition coefficient (Wildman–Crippen LogP) is 4.28. The molecule has 2 nitrogen and oxygen atoms in total. The molecule has 0 aromatic rings. The van der Waals surface area contributed by atoms with E-state index in [0.717, 1.165) is 19.2 Å². The summed E-state index contributed by atoms with van der Waals surface area (Å²) in [6, 6.07) is 0.796. The average Bonchev–Trinajstić information content (AvgIpc) is 2.41. The summed E-state index contributed by atoms with van der Waals surface area (Å²) in [5.74, 6) is 0. The largest absolute Gasteiger partial charge is 0.378 e. The molecule has 0 atom stereocenters. The molecule has 2 rings (SSSR count). The fourth-order valence-corrected chi connectivity index (χ4v) is 3.47. The van der Waals surface area contributed by atoms with Crippen LogP contribution in [-0.4, -0.2) is 25.3 Å². The van der Waals surface area contributed by atoms with Crippen LogP contribution in [0.3, 0.4) is 0 Å². The van der Waals surface area contributed by atoms with E-state index in [2.05, 4.69) is 19.2 Å². The van der Waals surface area contributed by atoms with Gasteiger partial charge in [-0.1, -0.05) is 33.1 Å². The maximum absolute atomic E-state index is 6.03. The molecule has 0 aliphatic heterocycles. The SMILES string of the molecule is CC1(C)CCC(OCCCNC2CCCCC2)CC1. The topological polar surface area (TPSA) is 21.3 Å². The number of hydrogen-bond donors (Lipinski definition) is 1. The second-order valence-electron chi connectivity index (χ2n) is 7.38. The Morgan fingerprint density at radius 1 is 1.00 bits per heavy atom. The summed E-state index contributed by atoms with van der Waals surface area (Å²) in [4.78, 5) is 0. The monoisotopic (exact) mass is 267 g/mol. The van der Waals surface area contributed by atoms with E-state index >= 15 is 0 Å². The highest BCUT2D eigenvalue weighted by atomic mass is 16.5. The van der Waals surface area contributed by atoms with Crippen LogP contribution in [0.2, 0.25) is 0 Å². The second-order valence-corrected chi connectivity index (χ2v) is 7.38. The van der Waals surface area contributed by atoms with Crippen molar-refractivity contribution in [3.05, 3.63) is 0 Å². The predicted molar refractivity (Wildman–Crippen MR) is 81.5 cm³/mol. The number of hydrogen-bond acceptors (Lipinski definition) is 2. The molecule has 2 fully saturated rings. The molecule has 0 heterocycles. The fraction of sp³-hybridized carbons (Fsp3) is 1.00. The van der Waals surface area contributed by atoms with Crippen LogP contribution in [0.5, 0.6) is 0 Å². The van der Waals surface area contributed by atoms with Gasteiger partial charge in [-0.2, -0.15) is 0 Å². The molecule has 112 valence electrons. The van der Waals surface area contributed by atoms with Gasteiger partial charge in [0.15, 0.2) is 0 Å². The van der Waals surface area contributed by atoms with Crippen LogP contribution in [0, 0.1) is 5.41 Å². The van der Waals surface area contributed by atoms with Crippen molar-refractivity contribution in [1.82, 2.24) is 5.32 Å². The standard InChI is InChI=1S/C17H33NO/c1-17(2)11-9-16(10-12-17)19-14-6-13-18-15-7-4-3-5-8-15/h15-16,18H,3-14H2,1-2H3. The van der Waals surface area contributed by atoms with Crippen LogP contribution in [0.25, 0.3) is 0 Å². The van der Waals surface area contributed by atoms with Crippen molar-refractivity contribution in [3.63, 3.8) is 0 Å². The maximum atomic E-state index is 6.03. The Morgan fingerprint density at radius 2 is 1.68 bits per heavy atom. The number of rotatable bonds is 6. The summed E-state index contributed by atoms with van der Waals surface area (Å²) in [5.41, 5.74) is 0.558. The Hall–Kier alpha value is -0.0800.